The van der Waals surface area contributed by atoms with Gasteiger partial charge in [0.2, 0.25) is 5.91 Å². The number of nitrogens with one attached hydrogen (secondary N) is 1. The van der Waals surface area contributed by atoms with Crippen molar-refractivity contribution in [2.24, 2.45) is 0 Å². The smallest absolute Gasteiger partial charge is 0.234 e. The Balaban J connectivity index is 1.50. The van der Waals surface area contributed by atoms with Crippen LogP contribution >= 0.6 is 27.7 Å². The third-order valence-corrected chi connectivity index (χ3v) is 6.70. The fraction of sp³-hybridized carbons (Fsp3) is 0.160. The molecule has 0 aliphatic carbocycles. The lowest BCUT2D eigenvalue weighted by atomic mass is 10.2. The number of benzene rings is 3. The summed E-state index contributed by atoms with van der Waals surface area (Å²) in [6, 6.07) is 23.4. The van der Waals surface area contributed by atoms with Crippen LogP contribution in [0.25, 0.3) is 5.69 Å². The number of anilines is 1. The van der Waals surface area contributed by atoms with Crippen LogP contribution in [0.15, 0.2) is 82.4 Å². The van der Waals surface area contributed by atoms with Crippen LogP contribution in [0.2, 0.25) is 0 Å². The Morgan fingerprint density at radius 3 is 2.52 bits per heavy atom. The molecule has 1 aromatic heterocycles. The number of thioether (sulfide) groups is 1. The van der Waals surface area contributed by atoms with Crippen molar-refractivity contribution < 1.29 is 9.53 Å². The van der Waals surface area contributed by atoms with Crippen molar-refractivity contribution in [3.63, 3.8) is 0 Å². The Hall–Kier alpha value is -3.10. The maximum absolute atomic E-state index is 12.6. The van der Waals surface area contributed by atoms with E-state index >= 15 is 0 Å². The standard InChI is InChI=1S/C25H23BrN4O2S/c1-17-8-11-20(12-9-17)30-23(15-32-21-6-4-3-5-7-21)28-29-25(30)33-16-24(31)27-19-10-13-22(26)18(2)14-19/h3-14H,15-16H2,1-2H3,(H,27,31). The zero-order chi connectivity index (χ0) is 23.2. The molecule has 0 atom stereocenters. The third-order valence-electron chi connectivity index (χ3n) is 4.88. The molecule has 1 heterocycles. The summed E-state index contributed by atoms with van der Waals surface area (Å²) in [4.78, 5) is 12.6. The van der Waals surface area contributed by atoms with Crippen LogP contribution in [0, 0.1) is 13.8 Å². The first kappa shape index (κ1) is 23.1. The summed E-state index contributed by atoms with van der Waals surface area (Å²) >= 11 is 4.81. The van der Waals surface area contributed by atoms with E-state index < -0.39 is 0 Å². The Bertz CT molecular complexity index is 1240. The van der Waals surface area contributed by atoms with E-state index in [-0.39, 0.29) is 18.3 Å². The molecule has 4 rings (SSSR count). The first-order valence-corrected chi connectivity index (χ1v) is 12.2. The van der Waals surface area contributed by atoms with Crippen LogP contribution in [-0.2, 0) is 11.4 Å². The lowest BCUT2D eigenvalue weighted by molar-refractivity contribution is -0.113. The molecule has 0 aliphatic rings. The van der Waals surface area contributed by atoms with Gasteiger partial charge in [0.1, 0.15) is 12.4 Å². The van der Waals surface area contributed by atoms with E-state index in [1.807, 2.05) is 91.2 Å². The molecule has 168 valence electrons. The Morgan fingerprint density at radius 2 is 1.79 bits per heavy atom. The average Bonchev–Trinajstić information content (AvgIpc) is 3.23. The predicted molar refractivity (Wildman–Crippen MR) is 135 cm³/mol. The minimum Gasteiger partial charge on any atom is -0.486 e. The molecular formula is C25H23BrN4O2S. The van der Waals surface area contributed by atoms with Crippen molar-refractivity contribution in [3.8, 4) is 11.4 Å². The van der Waals surface area contributed by atoms with Gasteiger partial charge in [-0.2, -0.15) is 0 Å². The number of ether oxygens (including phenoxy) is 1. The largest absolute Gasteiger partial charge is 0.486 e. The molecule has 0 saturated carbocycles. The maximum Gasteiger partial charge on any atom is 0.234 e. The van der Waals surface area contributed by atoms with Gasteiger partial charge in [0.05, 0.1) is 5.75 Å². The lowest BCUT2D eigenvalue weighted by Gasteiger charge is -2.12. The Labute approximate surface area is 205 Å². The second-order valence-corrected chi connectivity index (χ2v) is 9.27. The fourth-order valence-electron chi connectivity index (χ4n) is 3.15. The van der Waals surface area contributed by atoms with Crippen LogP contribution in [0.1, 0.15) is 17.0 Å². The van der Waals surface area contributed by atoms with Crippen LogP contribution in [0.5, 0.6) is 5.75 Å². The highest BCUT2D eigenvalue weighted by Gasteiger charge is 2.17. The van der Waals surface area contributed by atoms with Gasteiger partial charge in [0.15, 0.2) is 11.0 Å². The molecule has 0 unspecified atom stereocenters. The molecule has 0 saturated heterocycles. The first-order valence-electron chi connectivity index (χ1n) is 10.4. The highest BCUT2D eigenvalue weighted by molar-refractivity contribution is 9.10. The maximum atomic E-state index is 12.6. The number of nitrogens with zero attached hydrogens (tertiary/aromatic N) is 3. The second kappa shape index (κ2) is 10.7. The number of carbonyl (C=O) groups excluding carboxylic acids is 1. The highest BCUT2D eigenvalue weighted by Crippen LogP contribution is 2.24. The van der Waals surface area contributed by atoms with Gasteiger partial charge in [-0.15, -0.1) is 10.2 Å². The van der Waals surface area contributed by atoms with Gasteiger partial charge >= 0.3 is 0 Å². The normalized spacial score (nSPS) is 10.8. The van der Waals surface area contributed by atoms with E-state index in [4.69, 9.17) is 4.74 Å². The van der Waals surface area contributed by atoms with Crippen molar-refractivity contribution in [2.75, 3.05) is 11.1 Å². The molecule has 6 nitrogen and oxygen atoms in total. The zero-order valence-electron chi connectivity index (χ0n) is 18.3. The number of para-hydroxylation sites is 1. The minimum absolute atomic E-state index is 0.109. The van der Waals surface area contributed by atoms with Gasteiger partial charge in [-0.25, -0.2) is 0 Å². The lowest BCUT2D eigenvalue weighted by Crippen LogP contribution is -2.15. The molecule has 0 spiro atoms. The van der Waals surface area contributed by atoms with E-state index in [2.05, 4.69) is 31.4 Å². The average molecular weight is 523 g/mol. The van der Waals surface area contributed by atoms with Crippen LogP contribution in [-0.4, -0.2) is 26.4 Å². The van der Waals surface area contributed by atoms with E-state index in [9.17, 15) is 4.79 Å². The zero-order valence-corrected chi connectivity index (χ0v) is 20.7. The number of halogens is 1. The van der Waals surface area contributed by atoms with Gasteiger partial charge < -0.3 is 10.1 Å². The number of hydrogen-bond acceptors (Lipinski definition) is 5. The van der Waals surface area contributed by atoms with Crippen molar-refractivity contribution in [3.05, 3.63) is 94.2 Å². The SMILES string of the molecule is Cc1ccc(-n2c(COc3ccccc3)nnc2SCC(=O)Nc2ccc(Br)c(C)c2)cc1. The molecule has 1 amide bonds. The summed E-state index contributed by atoms with van der Waals surface area (Å²) in [6.07, 6.45) is 0. The van der Waals surface area contributed by atoms with Crippen molar-refractivity contribution in [1.29, 1.82) is 0 Å². The third kappa shape index (κ3) is 6.03. The van der Waals surface area contributed by atoms with Gasteiger partial charge in [0, 0.05) is 15.8 Å². The minimum atomic E-state index is -0.109. The van der Waals surface area contributed by atoms with Gasteiger partial charge in [-0.1, -0.05) is 63.6 Å². The fourth-order valence-corrected chi connectivity index (χ4v) is 4.17. The molecule has 3 aromatic carbocycles. The molecule has 33 heavy (non-hydrogen) atoms. The summed E-state index contributed by atoms with van der Waals surface area (Å²) in [5.74, 6) is 1.52. The van der Waals surface area contributed by atoms with Gasteiger partial charge in [-0.05, 0) is 61.9 Å². The number of hydrogen-bond donors (Lipinski definition) is 1. The summed E-state index contributed by atoms with van der Waals surface area (Å²) < 4.78 is 8.84. The molecule has 4 aromatic rings. The van der Waals surface area contributed by atoms with Crippen molar-refractivity contribution in [1.82, 2.24) is 14.8 Å². The van der Waals surface area contributed by atoms with Crippen LogP contribution < -0.4 is 10.1 Å². The summed E-state index contributed by atoms with van der Waals surface area (Å²) in [6.45, 7) is 4.28. The number of rotatable bonds is 8. The van der Waals surface area contributed by atoms with E-state index in [0.29, 0.717) is 11.0 Å². The summed E-state index contributed by atoms with van der Waals surface area (Å²) in [7, 11) is 0. The topological polar surface area (TPSA) is 69.0 Å². The van der Waals surface area contributed by atoms with Crippen LogP contribution in [0.4, 0.5) is 5.69 Å². The summed E-state index contributed by atoms with van der Waals surface area (Å²) in [5.41, 5.74) is 3.90. The molecule has 0 aliphatic heterocycles. The number of carbonyl (C=O) groups is 1. The molecule has 0 radical (unpaired) electrons. The number of aryl methyl sites for hydroxylation is 2. The van der Waals surface area contributed by atoms with Crippen molar-refractivity contribution in [2.45, 2.75) is 25.6 Å². The second-order valence-electron chi connectivity index (χ2n) is 7.47. The predicted octanol–water partition coefficient (Wildman–Crippen LogP) is 5.96. The molecule has 0 bridgehead atoms. The molecular weight excluding hydrogens is 500 g/mol. The van der Waals surface area contributed by atoms with Crippen LogP contribution in [0.3, 0.4) is 0 Å². The highest BCUT2D eigenvalue weighted by atomic mass is 79.9. The number of aromatic nitrogens is 3. The summed E-state index contributed by atoms with van der Waals surface area (Å²) in [5, 5.41) is 12.3. The van der Waals surface area contributed by atoms with E-state index in [1.54, 1.807) is 0 Å². The van der Waals surface area contributed by atoms with Gasteiger partial charge in [0.25, 0.3) is 0 Å². The van der Waals surface area contributed by atoms with Gasteiger partial charge in [-0.3, -0.25) is 9.36 Å². The van der Waals surface area contributed by atoms with E-state index in [0.717, 1.165) is 32.7 Å². The quantitative estimate of drug-likeness (QED) is 0.289. The van der Waals surface area contributed by atoms with Crippen molar-refractivity contribution >= 4 is 39.3 Å². The molecule has 1 N–H and O–H groups in total. The first-order chi connectivity index (χ1) is 16.0. The Morgan fingerprint density at radius 1 is 1.03 bits per heavy atom. The van der Waals surface area contributed by atoms with E-state index in [1.165, 1.54) is 11.8 Å². The number of amides is 1. The molecule has 0 fully saturated rings. The molecule has 8 heteroatoms. The Kier molecular flexibility index (Phi) is 7.47. The monoisotopic (exact) mass is 522 g/mol.